The van der Waals surface area contributed by atoms with Crippen molar-refractivity contribution >= 4 is 5.78 Å². The summed E-state index contributed by atoms with van der Waals surface area (Å²) in [6.07, 6.45) is 3.44. The molecule has 20 heavy (non-hydrogen) atoms. The highest BCUT2D eigenvalue weighted by Gasteiger charge is 2.07. The molecule has 5 heteroatoms. The second-order valence-electron chi connectivity index (χ2n) is 4.50. The molecule has 0 atom stereocenters. The van der Waals surface area contributed by atoms with Gasteiger partial charge in [0.2, 0.25) is 0 Å². The molecule has 1 heterocycles. The third-order valence-electron chi connectivity index (χ3n) is 2.88. The van der Waals surface area contributed by atoms with E-state index in [1.165, 1.54) is 12.4 Å². The number of aromatic nitrogens is 2. The Kier molecular flexibility index (Phi) is 4.42. The molecular weight excluding hydrogens is 256 g/mol. The van der Waals surface area contributed by atoms with Crippen molar-refractivity contribution in [1.82, 2.24) is 9.97 Å². The number of benzene rings is 1. The largest absolute Gasteiger partial charge is 0.497 e. The van der Waals surface area contributed by atoms with Gasteiger partial charge in [0.1, 0.15) is 18.2 Å². The van der Waals surface area contributed by atoms with E-state index in [9.17, 15) is 4.79 Å². The molecule has 0 aliphatic rings. The van der Waals surface area contributed by atoms with Crippen LogP contribution in [0.3, 0.4) is 0 Å². The van der Waals surface area contributed by atoms with Crippen molar-refractivity contribution in [2.45, 2.75) is 13.3 Å². The number of methoxy groups -OCH3 is 1. The SMILES string of the molecule is COc1cc(C)cc(Cc2ncc(C(=O)CO)cn2)c1. The van der Waals surface area contributed by atoms with Gasteiger partial charge in [-0.25, -0.2) is 9.97 Å². The van der Waals surface area contributed by atoms with Gasteiger partial charge in [-0.3, -0.25) is 4.79 Å². The molecule has 0 aliphatic carbocycles. The average molecular weight is 272 g/mol. The van der Waals surface area contributed by atoms with Gasteiger partial charge in [-0.1, -0.05) is 6.07 Å². The molecule has 0 spiro atoms. The zero-order chi connectivity index (χ0) is 14.5. The van der Waals surface area contributed by atoms with E-state index in [4.69, 9.17) is 9.84 Å². The number of aliphatic hydroxyl groups excluding tert-OH is 1. The van der Waals surface area contributed by atoms with Crippen molar-refractivity contribution < 1.29 is 14.6 Å². The van der Waals surface area contributed by atoms with E-state index in [1.807, 2.05) is 25.1 Å². The molecule has 0 fully saturated rings. The van der Waals surface area contributed by atoms with Crippen LogP contribution >= 0.6 is 0 Å². The minimum absolute atomic E-state index is 0.318. The van der Waals surface area contributed by atoms with Crippen LogP contribution in [-0.2, 0) is 6.42 Å². The van der Waals surface area contributed by atoms with E-state index in [1.54, 1.807) is 7.11 Å². The summed E-state index contributed by atoms with van der Waals surface area (Å²) in [4.78, 5) is 19.6. The Morgan fingerprint density at radius 3 is 2.55 bits per heavy atom. The lowest BCUT2D eigenvalue weighted by Crippen LogP contribution is -2.07. The number of aliphatic hydroxyl groups is 1. The number of hydrogen-bond acceptors (Lipinski definition) is 5. The van der Waals surface area contributed by atoms with Crippen molar-refractivity contribution in [3.05, 3.63) is 53.1 Å². The van der Waals surface area contributed by atoms with Crippen LogP contribution in [0.15, 0.2) is 30.6 Å². The quantitative estimate of drug-likeness (QED) is 0.836. The molecule has 0 aliphatic heterocycles. The normalized spacial score (nSPS) is 10.3. The van der Waals surface area contributed by atoms with Crippen LogP contribution in [0.2, 0.25) is 0 Å². The van der Waals surface area contributed by atoms with E-state index in [0.29, 0.717) is 17.8 Å². The van der Waals surface area contributed by atoms with Crippen LogP contribution in [-0.4, -0.2) is 34.6 Å². The third-order valence-corrected chi connectivity index (χ3v) is 2.88. The van der Waals surface area contributed by atoms with Crippen molar-refractivity contribution in [2.24, 2.45) is 0 Å². The maximum Gasteiger partial charge on any atom is 0.191 e. The smallest absolute Gasteiger partial charge is 0.191 e. The van der Waals surface area contributed by atoms with Crippen LogP contribution < -0.4 is 4.74 Å². The maximum atomic E-state index is 11.3. The van der Waals surface area contributed by atoms with Crippen molar-refractivity contribution in [3.63, 3.8) is 0 Å². The predicted molar refractivity (Wildman–Crippen MR) is 74.0 cm³/mol. The van der Waals surface area contributed by atoms with E-state index >= 15 is 0 Å². The molecule has 1 aromatic heterocycles. The third kappa shape index (κ3) is 3.39. The van der Waals surface area contributed by atoms with Gasteiger partial charge in [0.25, 0.3) is 0 Å². The number of Topliss-reactive ketones (excluding diaryl/α,β-unsaturated/α-hetero) is 1. The number of ether oxygens (including phenoxy) is 1. The monoisotopic (exact) mass is 272 g/mol. The molecule has 0 amide bonds. The minimum Gasteiger partial charge on any atom is -0.497 e. The Morgan fingerprint density at radius 2 is 1.95 bits per heavy atom. The molecule has 0 saturated heterocycles. The topological polar surface area (TPSA) is 72.3 Å². The number of hydrogen-bond donors (Lipinski definition) is 1. The second kappa shape index (κ2) is 6.25. The first-order valence-corrected chi connectivity index (χ1v) is 6.22. The number of rotatable bonds is 5. The Balaban J connectivity index is 2.17. The number of carbonyl (C=O) groups excluding carboxylic acids is 1. The first-order valence-electron chi connectivity index (χ1n) is 6.22. The van der Waals surface area contributed by atoms with E-state index in [2.05, 4.69) is 9.97 Å². The first-order chi connectivity index (χ1) is 9.62. The minimum atomic E-state index is -0.530. The van der Waals surface area contributed by atoms with Crippen LogP contribution in [0.5, 0.6) is 5.75 Å². The van der Waals surface area contributed by atoms with Gasteiger partial charge in [-0.05, 0) is 30.2 Å². The van der Waals surface area contributed by atoms with Crippen LogP contribution in [0.1, 0.15) is 27.3 Å². The molecule has 0 bridgehead atoms. The van der Waals surface area contributed by atoms with Gasteiger partial charge in [-0.2, -0.15) is 0 Å². The van der Waals surface area contributed by atoms with Gasteiger partial charge in [-0.15, -0.1) is 0 Å². The van der Waals surface area contributed by atoms with Crippen molar-refractivity contribution in [3.8, 4) is 5.75 Å². The summed E-state index contributed by atoms with van der Waals surface area (Å²) in [5.74, 6) is 1.04. The highest BCUT2D eigenvalue weighted by atomic mass is 16.5. The van der Waals surface area contributed by atoms with Gasteiger partial charge in [0.15, 0.2) is 5.78 Å². The van der Waals surface area contributed by atoms with E-state index in [-0.39, 0.29) is 5.78 Å². The standard InChI is InChI=1S/C15H16N2O3/c1-10-3-11(5-13(4-10)20-2)6-15-16-7-12(8-17-15)14(19)9-18/h3-5,7-8,18H,6,9H2,1-2H3. The predicted octanol–water partition coefficient (Wildman–Crippen LogP) is 1.56. The van der Waals surface area contributed by atoms with Gasteiger partial charge >= 0.3 is 0 Å². The Bertz CT molecular complexity index is 609. The molecule has 1 aromatic carbocycles. The summed E-state index contributed by atoms with van der Waals surface area (Å²) in [7, 11) is 1.63. The van der Waals surface area contributed by atoms with Crippen LogP contribution in [0, 0.1) is 6.92 Å². The molecule has 5 nitrogen and oxygen atoms in total. The molecule has 1 N–H and O–H groups in total. The highest BCUT2D eigenvalue weighted by Crippen LogP contribution is 2.18. The Morgan fingerprint density at radius 1 is 1.25 bits per heavy atom. The van der Waals surface area contributed by atoms with Gasteiger partial charge < -0.3 is 9.84 Å². The lowest BCUT2D eigenvalue weighted by atomic mass is 10.1. The fourth-order valence-electron chi connectivity index (χ4n) is 1.91. The summed E-state index contributed by atoms with van der Waals surface area (Å²) in [5.41, 5.74) is 2.47. The van der Waals surface area contributed by atoms with Crippen LogP contribution in [0.25, 0.3) is 0 Å². The maximum absolute atomic E-state index is 11.3. The van der Waals surface area contributed by atoms with Crippen molar-refractivity contribution in [2.75, 3.05) is 13.7 Å². The molecule has 0 unspecified atom stereocenters. The molecule has 104 valence electrons. The highest BCUT2D eigenvalue weighted by molar-refractivity contribution is 5.96. The summed E-state index contributed by atoms with van der Waals surface area (Å²) in [6.45, 7) is 1.47. The average Bonchev–Trinajstić information content (AvgIpc) is 2.46. The summed E-state index contributed by atoms with van der Waals surface area (Å²) in [5, 5.41) is 8.76. The Labute approximate surface area is 117 Å². The summed E-state index contributed by atoms with van der Waals surface area (Å²) >= 11 is 0. The number of carbonyl (C=O) groups is 1. The molecular formula is C15H16N2O3. The zero-order valence-electron chi connectivity index (χ0n) is 11.5. The fraction of sp³-hybridized carbons (Fsp3) is 0.267. The van der Waals surface area contributed by atoms with Gasteiger partial charge in [0, 0.05) is 18.8 Å². The van der Waals surface area contributed by atoms with Crippen LogP contribution in [0.4, 0.5) is 0 Å². The molecule has 2 rings (SSSR count). The molecule has 0 saturated carbocycles. The molecule has 2 aromatic rings. The van der Waals surface area contributed by atoms with Gasteiger partial charge in [0.05, 0.1) is 12.7 Å². The van der Waals surface area contributed by atoms with Crippen molar-refractivity contribution in [1.29, 1.82) is 0 Å². The number of ketones is 1. The summed E-state index contributed by atoms with van der Waals surface area (Å²) in [6, 6.07) is 5.93. The fourth-order valence-corrected chi connectivity index (χ4v) is 1.91. The summed E-state index contributed by atoms with van der Waals surface area (Å²) < 4.78 is 5.23. The number of nitrogens with zero attached hydrogens (tertiary/aromatic N) is 2. The Hall–Kier alpha value is -2.27. The van der Waals surface area contributed by atoms with E-state index in [0.717, 1.165) is 16.9 Å². The lowest BCUT2D eigenvalue weighted by Gasteiger charge is -2.06. The first kappa shape index (κ1) is 14.1. The lowest BCUT2D eigenvalue weighted by molar-refractivity contribution is 0.0903. The second-order valence-corrected chi connectivity index (χ2v) is 4.50. The zero-order valence-corrected chi connectivity index (χ0v) is 11.5. The van der Waals surface area contributed by atoms with E-state index < -0.39 is 6.61 Å². The molecule has 0 radical (unpaired) electrons. The number of aryl methyl sites for hydroxylation is 1.